The van der Waals surface area contributed by atoms with E-state index in [1.807, 2.05) is 0 Å². The Hall–Kier alpha value is -2.27. The minimum atomic E-state index is -0.307. The second-order valence-corrected chi connectivity index (χ2v) is 7.86. The highest BCUT2D eigenvalue weighted by molar-refractivity contribution is 5.94. The molecule has 2 aromatic rings. The Bertz CT molecular complexity index is 796. The van der Waals surface area contributed by atoms with E-state index in [9.17, 15) is 14.3 Å². The number of carbonyl (C=O) groups excluding carboxylic acids is 1. The maximum absolute atomic E-state index is 13.3. The topological polar surface area (TPSA) is 62.2 Å². The van der Waals surface area contributed by atoms with Crippen molar-refractivity contribution >= 4 is 5.91 Å². The van der Waals surface area contributed by atoms with E-state index in [0.717, 1.165) is 38.5 Å². The van der Waals surface area contributed by atoms with Gasteiger partial charge in [0, 0.05) is 17.8 Å². The predicted molar refractivity (Wildman–Crippen MR) is 102 cm³/mol. The van der Waals surface area contributed by atoms with Crippen LogP contribution in [0.15, 0.2) is 42.6 Å². The first kappa shape index (κ1) is 18.1. The standard InChI is InChI=1S/C22H25FN2O2/c23-18-3-1-2-16(12-18)20-11-8-17(13-24-20)22(27)25-19-9-6-15(7-10-19)21(26)14-4-5-14/h1-3,8,11-15,19,21,26H,4-7,9-10H2,(H,25,27)/t15-,19-,21?. The molecule has 2 N–H and O–H groups in total. The van der Waals surface area contributed by atoms with Crippen molar-refractivity contribution in [2.24, 2.45) is 11.8 Å². The van der Waals surface area contributed by atoms with Crippen molar-refractivity contribution in [3.63, 3.8) is 0 Å². The Morgan fingerprint density at radius 1 is 1.07 bits per heavy atom. The molecule has 1 atom stereocenters. The number of benzene rings is 1. The van der Waals surface area contributed by atoms with Gasteiger partial charge in [0.2, 0.25) is 0 Å². The molecular weight excluding hydrogens is 343 g/mol. The molecule has 4 rings (SSSR count). The molecule has 4 nitrogen and oxygen atoms in total. The van der Waals surface area contributed by atoms with Crippen LogP contribution in [0, 0.1) is 17.7 Å². The van der Waals surface area contributed by atoms with Gasteiger partial charge >= 0.3 is 0 Å². The van der Waals surface area contributed by atoms with Crippen LogP contribution in [0.25, 0.3) is 11.3 Å². The van der Waals surface area contributed by atoms with Crippen LogP contribution in [0.5, 0.6) is 0 Å². The SMILES string of the molecule is O=C(N[C@H]1CC[C@H](C(O)C2CC2)CC1)c1ccc(-c2cccc(F)c2)nc1. The fourth-order valence-electron chi connectivity index (χ4n) is 4.04. The number of rotatable bonds is 5. The van der Waals surface area contributed by atoms with Crippen molar-refractivity contribution in [1.82, 2.24) is 10.3 Å². The Kier molecular flexibility index (Phi) is 5.21. The summed E-state index contributed by atoms with van der Waals surface area (Å²) in [5.41, 5.74) is 1.84. The molecule has 2 saturated carbocycles. The second-order valence-electron chi connectivity index (χ2n) is 7.86. The zero-order valence-corrected chi connectivity index (χ0v) is 15.3. The number of hydrogen-bond acceptors (Lipinski definition) is 3. The number of nitrogens with zero attached hydrogens (tertiary/aromatic N) is 1. The number of aromatic nitrogens is 1. The summed E-state index contributed by atoms with van der Waals surface area (Å²) in [7, 11) is 0. The summed E-state index contributed by atoms with van der Waals surface area (Å²) in [6.45, 7) is 0. The average Bonchev–Trinajstić information content (AvgIpc) is 3.53. The van der Waals surface area contributed by atoms with Crippen LogP contribution in [0.3, 0.4) is 0 Å². The fourth-order valence-corrected chi connectivity index (χ4v) is 4.04. The van der Waals surface area contributed by atoms with Crippen molar-refractivity contribution < 1.29 is 14.3 Å². The minimum Gasteiger partial charge on any atom is -0.393 e. The number of aliphatic hydroxyl groups excluding tert-OH is 1. The lowest BCUT2D eigenvalue weighted by molar-refractivity contribution is 0.0590. The van der Waals surface area contributed by atoms with E-state index in [1.165, 1.54) is 18.3 Å². The van der Waals surface area contributed by atoms with Gasteiger partial charge < -0.3 is 10.4 Å². The van der Waals surface area contributed by atoms with E-state index in [1.54, 1.807) is 24.3 Å². The highest BCUT2D eigenvalue weighted by atomic mass is 19.1. The summed E-state index contributed by atoms with van der Waals surface area (Å²) >= 11 is 0. The van der Waals surface area contributed by atoms with Gasteiger partial charge in [-0.1, -0.05) is 12.1 Å². The van der Waals surface area contributed by atoms with Crippen LogP contribution < -0.4 is 5.32 Å². The van der Waals surface area contributed by atoms with Crippen LogP contribution in [-0.2, 0) is 0 Å². The lowest BCUT2D eigenvalue weighted by Crippen LogP contribution is -2.39. The molecular formula is C22H25FN2O2. The Balaban J connectivity index is 1.32. The lowest BCUT2D eigenvalue weighted by Gasteiger charge is -2.32. The van der Waals surface area contributed by atoms with Crippen LogP contribution in [0.4, 0.5) is 4.39 Å². The third-order valence-electron chi connectivity index (χ3n) is 5.84. The Morgan fingerprint density at radius 2 is 1.78 bits per heavy atom. The summed E-state index contributed by atoms with van der Waals surface area (Å²) < 4.78 is 13.3. The number of amides is 1. The lowest BCUT2D eigenvalue weighted by atomic mass is 9.81. The number of aliphatic hydroxyl groups is 1. The number of pyridine rings is 1. The maximum Gasteiger partial charge on any atom is 0.253 e. The van der Waals surface area contributed by atoms with Crippen LogP contribution in [0.2, 0.25) is 0 Å². The van der Waals surface area contributed by atoms with Gasteiger partial charge in [-0.25, -0.2) is 4.39 Å². The van der Waals surface area contributed by atoms with Gasteiger partial charge in [-0.15, -0.1) is 0 Å². The van der Waals surface area contributed by atoms with E-state index >= 15 is 0 Å². The molecule has 0 saturated heterocycles. The second kappa shape index (κ2) is 7.77. The molecule has 2 aliphatic rings. The van der Waals surface area contributed by atoms with Crippen molar-refractivity contribution in [3.8, 4) is 11.3 Å². The third-order valence-corrected chi connectivity index (χ3v) is 5.84. The van der Waals surface area contributed by atoms with Gasteiger partial charge in [-0.05, 0) is 74.6 Å². The van der Waals surface area contributed by atoms with E-state index in [-0.39, 0.29) is 23.9 Å². The van der Waals surface area contributed by atoms with Gasteiger partial charge in [0.15, 0.2) is 0 Å². The largest absolute Gasteiger partial charge is 0.393 e. The zero-order valence-electron chi connectivity index (χ0n) is 15.3. The molecule has 1 aromatic heterocycles. The highest BCUT2D eigenvalue weighted by Gasteiger charge is 2.37. The summed E-state index contributed by atoms with van der Waals surface area (Å²) in [5, 5.41) is 13.4. The molecule has 0 radical (unpaired) electrons. The highest BCUT2D eigenvalue weighted by Crippen LogP contribution is 2.40. The normalized spacial score (nSPS) is 23.6. The predicted octanol–water partition coefficient (Wildman–Crippen LogP) is 3.95. The van der Waals surface area contributed by atoms with Gasteiger partial charge in [0.1, 0.15) is 5.82 Å². The van der Waals surface area contributed by atoms with E-state index in [2.05, 4.69) is 10.3 Å². The van der Waals surface area contributed by atoms with Crippen LogP contribution >= 0.6 is 0 Å². The first-order valence-corrected chi connectivity index (χ1v) is 9.81. The van der Waals surface area contributed by atoms with E-state index in [0.29, 0.717) is 28.7 Å². The third kappa shape index (κ3) is 4.35. The molecule has 142 valence electrons. The van der Waals surface area contributed by atoms with Crippen molar-refractivity contribution in [2.45, 2.75) is 50.7 Å². The van der Waals surface area contributed by atoms with E-state index < -0.39 is 0 Å². The number of carbonyl (C=O) groups is 1. The zero-order chi connectivity index (χ0) is 18.8. The molecule has 1 aromatic carbocycles. The molecule has 2 aliphatic carbocycles. The van der Waals surface area contributed by atoms with Gasteiger partial charge in [-0.3, -0.25) is 9.78 Å². The molecule has 27 heavy (non-hydrogen) atoms. The summed E-state index contributed by atoms with van der Waals surface area (Å²) in [4.78, 5) is 16.8. The number of hydrogen-bond donors (Lipinski definition) is 2. The average molecular weight is 368 g/mol. The Morgan fingerprint density at radius 3 is 2.37 bits per heavy atom. The summed E-state index contributed by atoms with van der Waals surface area (Å²) in [5.74, 6) is 0.472. The quantitative estimate of drug-likeness (QED) is 0.840. The van der Waals surface area contributed by atoms with E-state index in [4.69, 9.17) is 0 Å². The summed E-state index contributed by atoms with van der Waals surface area (Å²) in [6.07, 6.45) is 7.48. The molecule has 1 heterocycles. The number of nitrogens with one attached hydrogen (secondary N) is 1. The van der Waals surface area contributed by atoms with Crippen molar-refractivity contribution in [1.29, 1.82) is 0 Å². The van der Waals surface area contributed by atoms with Crippen LogP contribution in [0.1, 0.15) is 48.9 Å². The van der Waals surface area contributed by atoms with Crippen molar-refractivity contribution in [2.75, 3.05) is 0 Å². The Labute approximate surface area is 158 Å². The maximum atomic E-state index is 13.3. The molecule has 5 heteroatoms. The molecule has 0 aliphatic heterocycles. The van der Waals surface area contributed by atoms with Gasteiger partial charge in [-0.2, -0.15) is 0 Å². The molecule has 0 spiro atoms. The fraction of sp³-hybridized carbons (Fsp3) is 0.455. The molecule has 2 fully saturated rings. The summed E-state index contributed by atoms with van der Waals surface area (Å²) in [6, 6.07) is 9.88. The first-order valence-electron chi connectivity index (χ1n) is 9.81. The first-order chi connectivity index (χ1) is 13.1. The monoisotopic (exact) mass is 368 g/mol. The van der Waals surface area contributed by atoms with Crippen LogP contribution in [-0.4, -0.2) is 28.1 Å². The smallest absolute Gasteiger partial charge is 0.253 e. The molecule has 0 bridgehead atoms. The van der Waals surface area contributed by atoms with Crippen molar-refractivity contribution in [3.05, 3.63) is 54.0 Å². The molecule has 1 unspecified atom stereocenters. The van der Waals surface area contributed by atoms with Gasteiger partial charge in [0.05, 0.1) is 17.4 Å². The van der Waals surface area contributed by atoms with Gasteiger partial charge in [0.25, 0.3) is 5.91 Å². The molecule has 1 amide bonds. The number of halogens is 1. The minimum absolute atomic E-state index is 0.125.